The molecule has 0 spiro atoms. The number of fused-ring (bicyclic) bond motifs is 1. The van der Waals surface area contributed by atoms with Crippen LogP contribution in [0.1, 0.15) is 37.7 Å². The summed E-state index contributed by atoms with van der Waals surface area (Å²) in [6.45, 7) is 5.51. The number of aryl methyl sites for hydroxylation is 1. The summed E-state index contributed by atoms with van der Waals surface area (Å²) in [6.07, 6.45) is 3.55. The Balaban J connectivity index is 1.52. The number of hydrogen-bond acceptors (Lipinski definition) is 5. The van der Waals surface area contributed by atoms with Crippen molar-refractivity contribution in [3.05, 3.63) is 83.8 Å². The molecule has 1 aliphatic rings. The van der Waals surface area contributed by atoms with Crippen molar-refractivity contribution >= 4 is 5.95 Å². The second-order valence-corrected chi connectivity index (χ2v) is 9.69. The van der Waals surface area contributed by atoms with Gasteiger partial charge in [0, 0.05) is 43.4 Å². The molecule has 5 rings (SSSR count). The maximum absolute atomic E-state index is 13.7. The number of anilines is 1. The molecule has 4 aromatic rings. The van der Waals surface area contributed by atoms with Crippen LogP contribution < -0.4 is 5.32 Å². The number of aromatic nitrogens is 4. The Morgan fingerprint density at radius 1 is 1.06 bits per heavy atom. The molecular formula is C28H30F2N6. The fourth-order valence-corrected chi connectivity index (χ4v) is 4.89. The van der Waals surface area contributed by atoms with Crippen LogP contribution in [0.3, 0.4) is 0 Å². The van der Waals surface area contributed by atoms with E-state index < -0.39 is 0 Å². The molecule has 0 aliphatic carbocycles. The quantitative estimate of drug-likeness (QED) is 0.344. The van der Waals surface area contributed by atoms with Crippen LogP contribution in [0.4, 0.5) is 14.7 Å². The summed E-state index contributed by atoms with van der Waals surface area (Å²) < 4.78 is 29.7. The Kier molecular flexibility index (Phi) is 6.78. The molecule has 6 nitrogen and oxygen atoms in total. The SMILES string of the molecule is CC(C)Nc1nccc(-c2c(-c3ccc(F)cc3)nc3n2[C@H](CN(C)Cc2cccc(F)c2)CC3)n1. The minimum Gasteiger partial charge on any atom is -0.352 e. The number of nitrogens with one attached hydrogen (secondary N) is 1. The standard InChI is InChI=1S/C28H30F2N6/c1-18(2)32-28-31-14-13-24(33-28)27-26(20-7-9-21(29)10-8-20)34-25-12-11-23(36(25)27)17-35(3)16-19-5-4-6-22(30)15-19/h4-10,13-15,18,23H,11-12,16-17H2,1-3H3,(H,31,32,33)/t23-/m0/s1. The smallest absolute Gasteiger partial charge is 0.223 e. The summed E-state index contributed by atoms with van der Waals surface area (Å²) in [7, 11) is 2.05. The lowest BCUT2D eigenvalue weighted by Gasteiger charge is -2.24. The van der Waals surface area contributed by atoms with E-state index in [1.807, 2.05) is 26.0 Å². The second-order valence-electron chi connectivity index (χ2n) is 9.69. The van der Waals surface area contributed by atoms with Gasteiger partial charge in [0.15, 0.2) is 0 Å². The van der Waals surface area contributed by atoms with Gasteiger partial charge in [0.1, 0.15) is 17.5 Å². The zero-order valence-corrected chi connectivity index (χ0v) is 20.7. The van der Waals surface area contributed by atoms with Crippen molar-refractivity contribution in [1.29, 1.82) is 0 Å². The van der Waals surface area contributed by atoms with Gasteiger partial charge < -0.3 is 14.8 Å². The molecule has 0 fully saturated rings. The second kappa shape index (κ2) is 10.1. The van der Waals surface area contributed by atoms with E-state index >= 15 is 0 Å². The van der Waals surface area contributed by atoms with Crippen LogP contribution in [0.2, 0.25) is 0 Å². The fourth-order valence-electron chi connectivity index (χ4n) is 4.89. The molecule has 1 N–H and O–H groups in total. The highest BCUT2D eigenvalue weighted by atomic mass is 19.1. The summed E-state index contributed by atoms with van der Waals surface area (Å²) in [5, 5.41) is 3.28. The van der Waals surface area contributed by atoms with Crippen molar-refractivity contribution in [2.75, 3.05) is 18.9 Å². The predicted octanol–water partition coefficient (Wildman–Crippen LogP) is 5.72. The fraction of sp³-hybridized carbons (Fsp3) is 0.321. The van der Waals surface area contributed by atoms with E-state index in [1.54, 1.807) is 30.5 Å². The molecule has 8 heteroatoms. The Hall–Kier alpha value is -3.65. The van der Waals surface area contributed by atoms with Crippen molar-refractivity contribution in [3.8, 4) is 22.6 Å². The molecule has 2 aromatic heterocycles. The van der Waals surface area contributed by atoms with Gasteiger partial charge in [-0.3, -0.25) is 0 Å². The van der Waals surface area contributed by atoms with Crippen LogP contribution in [0.15, 0.2) is 60.8 Å². The molecule has 0 bridgehead atoms. The summed E-state index contributed by atoms with van der Waals surface area (Å²) >= 11 is 0. The van der Waals surface area contributed by atoms with Gasteiger partial charge in [-0.05, 0) is 75.3 Å². The molecule has 2 aromatic carbocycles. The third-order valence-electron chi connectivity index (χ3n) is 6.35. The van der Waals surface area contributed by atoms with Gasteiger partial charge in [-0.1, -0.05) is 12.1 Å². The maximum atomic E-state index is 13.7. The molecule has 0 unspecified atom stereocenters. The number of nitrogens with zero attached hydrogens (tertiary/aromatic N) is 5. The van der Waals surface area contributed by atoms with Gasteiger partial charge in [-0.2, -0.15) is 0 Å². The normalized spacial score (nSPS) is 15.0. The molecular weight excluding hydrogens is 458 g/mol. The first-order valence-corrected chi connectivity index (χ1v) is 12.3. The van der Waals surface area contributed by atoms with Crippen LogP contribution >= 0.6 is 0 Å². The first kappa shape index (κ1) is 24.1. The predicted molar refractivity (Wildman–Crippen MR) is 137 cm³/mol. The molecule has 1 aliphatic heterocycles. The van der Waals surface area contributed by atoms with E-state index in [0.717, 1.165) is 53.4 Å². The molecule has 1 atom stereocenters. The lowest BCUT2D eigenvalue weighted by atomic mass is 10.1. The van der Waals surface area contributed by atoms with E-state index in [1.165, 1.54) is 18.2 Å². The molecule has 36 heavy (non-hydrogen) atoms. The van der Waals surface area contributed by atoms with Crippen LogP contribution in [0, 0.1) is 11.6 Å². The third-order valence-corrected chi connectivity index (χ3v) is 6.35. The van der Waals surface area contributed by atoms with Gasteiger partial charge >= 0.3 is 0 Å². The van der Waals surface area contributed by atoms with Crippen molar-refractivity contribution in [1.82, 2.24) is 24.4 Å². The monoisotopic (exact) mass is 488 g/mol. The summed E-state index contributed by atoms with van der Waals surface area (Å²) in [5.41, 5.74) is 4.25. The molecule has 0 radical (unpaired) electrons. The zero-order chi connectivity index (χ0) is 25.2. The van der Waals surface area contributed by atoms with E-state index in [4.69, 9.17) is 9.97 Å². The zero-order valence-electron chi connectivity index (χ0n) is 20.7. The maximum Gasteiger partial charge on any atom is 0.223 e. The number of likely N-dealkylation sites (N-methyl/N-ethyl adjacent to an activating group) is 1. The van der Waals surface area contributed by atoms with Crippen molar-refractivity contribution in [2.45, 2.75) is 45.3 Å². The van der Waals surface area contributed by atoms with E-state index in [-0.39, 0.29) is 23.7 Å². The molecule has 3 heterocycles. The van der Waals surface area contributed by atoms with E-state index in [9.17, 15) is 8.78 Å². The Labute approximate surface area is 210 Å². The Morgan fingerprint density at radius 2 is 1.86 bits per heavy atom. The highest BCUT2D eigenvalue weighted by Gasteiger charge is 2.31. The highest BCUT2D eigenvalue weighted by Crippen LogP contribution is 2.39. The Morgan fingerprint density at radius 3 is 2.61 bits per heavy atom. The first-order chi connectivity index (χ1) is 17.4. The van der Waals surface area contributed by atoms with Gasteiger partial charge in [-0.15, -0.1) is 0 Å². The molecule has 0 saturated heterocycles. The number of imidazole rings is 1. The number of hydrogen-bond donors (Lipinski definition) is 1. The number of benzene rings is 2. The molecule has 0 saturated carbocycles. The van der Waals surface area contributed by atoms with Crippen molar-refractivity contribution < 1.29 is 8.78 Å². The number of halogens is 2. The van der Waals surface area contributed by atoms with Gasteiger partial charge in [-0.25, -0.2) is 23.7 Å². The van der Waals surface area contributed by atoms with E-state index in [0.29, 0.717) is 12.5 Å². The largest absolute Gasteiger partial charge is 0.352 e. The van der Waals surface area contributed by atoms with E-state index in [2.05, 4.69) is 26.8 Å². The average molecular weight is 489 g/mol. The lowest BCUT2D eigenvalue weighted by molar-refractivity contribution is 0.273. The van der Waals surface area contributed by atoms with Gasteiger partial charge in [0.25, 0.3) is 0 Å². The van der Waals surface area contributed by atoms with Crippen molar-refractivity contribution in [3.63, 3.8) is 0 Å². The summed E-state index contributed by atoms with van der Waals surface area (Å²) in [4.78, 5) is 16.4. The summed E-state index contributed by atoms with van der Waals surface area (Å²) in [5.74, 6) is 1.04. The minimum atomic E-state index is -0.283. The highest BCUT2D eigenvalue weighted by molar-refractivity contribution is 5.78. The van der Waals surface area contributed by atoms with Crippen LogP contribution in [-0.4, -0.2) is 44.1 Å². The third kappa shape index (κ3) is 5.14. The van der Waals surface area contributed by atoms with Gasteiger partial charge in [0.05, 0.1) is 17.1 Å². The van der Waals surface area contributed by atoms with Crippen LogP contribution in [0.5, 0.6) is 0 Å². The minimum absolute atomic E-state index is 0.173. The van der Waals surface area contributed by atoms with Gasteiger partial charge in [0.2, 0.25) is 5.95 Å². The molecule has 0 amide bonds. The van der Waals surface area contributed by atoms with Crippen molar-refractivity contribution in [2.24, 2.45) is 0 Å². The molecule has 186 valence electrons. The summed E-state index contributed by atoms with van der Waals surface area (Å²) in [6, 6.07) is 15.4. The van der Waals surface area contributed by atoms with Crippen LogP contribution in [0.25, 0.3) is 22.6 Å². The average Bonchev–Trinajstić information content (AvgIpc) is 3.39. The Bertz CT molecular complexity index is 1350. The van der Waals surface area contributed by atoms with Crippen LogP contribution in [-0.2, 0) is 13.0 Å². The lowest BCUT2D eigenvalue weighted by Crippen LogP contribution is -2.26. The number of rotatable bonds is 8. The first-order valence-electron chi connectivity index (χ1n) is 12.3. The topological polar surface area (TPSA) is 58.9 Å².